The van der Waals surface area contributed by atoms with Crippen molar-refractivity contribution in [3.05, 3.63) is 36.0 Å². The van der Waals surface area contributed by atoms with Gasteiger partial charge in [0.1, 0.15) is 17.2 Å². The second-order valence-corrected chi connectivity index (χ2v) is 8.53. The maximum atomic E-state index is 12.3. The second-order valence-electron chi connectivity index (χ2n) is 7.64. The molecule has 166 valence electrons. The van der Waals surface area contributed by atoms with Gasteiger partial charge in [0, 0.05) is 68.0 Å². The smallest absolute Gasteiger partial charge is 0.320 e. The summed E-state index contributed by atoms with van der Waals surface area (Å²) in [6, 6.07) is 7.55. The Morgan fingerprint density at radius 3 is 2.97 bits per heavy atom. The zero-order valence-corrected chi connectivity index (χ0v) is 18.6. The van der Waals surface area contributed by atoms with Gasteiger partial charge in [-0.2, -0.15) is 0 Å². The summed E-state index contributed by atoms with van der Waals surface area (Å²) in [5, 5.41) is 9.99. The number of nitrogens with one attached hydrogen (secondary N) is 4. The van der Waals surface area contributed by atoms with Crippen LogP contribution in [0.2, 0.25) is 0 Å². The molecule has 1 fully saturated rings. The van der Waals surface area contributed by atoms with Gasteiger partial charge >= 0.3 is 6.03 Å². The van der Waals surface area contributed by atoms with E-state index in [4.69, 9.17) is 4.74 Å². The van der Waals surface area contributed by atoms with Gasteiger partial charge in [-0.3, -0.25) is 10.2 Å². The fourth-order valence-corrected chi connectivity index (χ4v) is 4.67. The average Bonchev–Trinajstić information content (AvgIpc) is 3.44. The number of nitrogens with zero attached hydrogens (tertiary/aromatic N) is 3. The summed E-state index contributed by atoms with van der Waals surface area (Å²) in [7, 11) is 1.67. The maximum Gasteiger partial charge on any atom is 0.320 e. The van der Waals surface area contributed by atoms with E-state index < -0.39 is 0 Å². The molecule has 0 aliphatic carbocycles. The van der Waals surface area contributed by atoms with Crippen LogP contribution in [0.5, 0.6) is 5.75 Å². The first-order chi connectivity index (χ1) is 15.7. The predicted octanol–water partition coefficient (Wildman–Crippen LogP) is 2.87. The number of benzene rings is 1. The number of ether oxygens (including phenoxy) is 1. The highest BCUT2D eigenvalue weighted by Gasteiger charge is 2.15. The topological polar surface area (TPSA) is 107 Å². The minimum absolute atomic E-state index is 0.255. The summed E-state index contributed by atoms with van der Waals surface area (Å²) in [5.74, 6) is 1.28. The number of methoxy groups -OCH3 is 1. The molecule has 0 atom stereocenters. The van der Waals surface area contributed by atoms with Gasteiger partial charge in [-0.25, -0.2) is 14.8 Å². The quantitative estimate of drug-likeness (QED) is 0.359. The Morgan fingerprint density at radius 1 is 1.25 bits per heavy atom. The predicted molar refractivity (Wildman–Crippen MR) is 128 cm³/mol. The summed E-state index contributed by atoms with van der Waals surface area (Å²) in [5.41, 5.74) is 5.39. The first kappa shape index (κ1) is 20.7. The van der Waals surface area contributed by atoms with Gasteiger partial charge in [0.15, 0.2) is 0 Å². The number of urea groups is 1. The summed E-state index contributed by atoms with van der Waals surface area (Å²) < 4.78 is 6.71. The van der Waals surface area contributed by atoms with Gasteiger partial charge in [0.25, 0.3) is 0 Å². The van der Waals surface area contributed by atoms with Gasteiger partial charge in [-0.15, -0.1) is 11.3 Å². The van der Waals surface area contributed by atoms with Crippen LogP contribution in [-0.4, -0.2) is 72.3 Å². The molecule has 2 amide bonds. The molecule has 1 aliphatic rings. The van der Waals surface area contributed by atoms with Crippen molar-refractivity contribution in [2.24, 2.45) is 0 Å². The summed E-state index contributed by atoms with van der Waals surface area (Å²) in [4.78, 5) is 26.8. The number of aromatic amines is 1. The lowest BCUT2D eigenvalue weighted by atomic mass is 10.0. The molecule has 10 heteroatoms. The van der Waals surface area contributed by atoms with Gasteiger partial charge in [0.2, 0.25) is 0 Å². The lowest BCUT2D eigenvalue weighted by Crippen LogP contribution is -2.46. The number of H-pyrrole nitrogens is 1. The van der Waals surface area contributed by atoms with E-state index in [1.807, 2.05) is 36.0 Å². The molecule has 0 bridgehead atoms. The van der Waals surface area contributed by atoms with Crippen molar-refractivity contribution < 1.29 is 9.53 Å². The highest BCUT2D eigenvalue weighted by atomic mass is 32.1. The number of rotatable bonds is 6. The molecular formula is C22H25N7O2S. The number of carbonyl (C=O) groups excluding carboxylic acids is 1. The van der Waals surface area contributed by atoms with Gasteiger partial charge in [0.05, 0.1) is 22.8 Å². The van der Waals surface area contributed by atoms with E-state index in [2.05, 4.69) is 35.8 Å². The number of anilines is 1. The standard InChI is InChI=1S/C22H25N7O2S/c1-31-18-11-19-17(26-13-32-19)10-15(18)16-12-25-21-14(16)2-3-20(27-21)28-22(30)24-6-9-29-7-4-23-5-8-29/h2-3,10-13,23H,4-9H2,1H3,(H3,24,25,27,28,30). The zero-order chi connectivity index (χ0) is 21.9. The lowest BCUT2D eigenvalue weighted by Gasteiger charge is -2.27. The van der Waals surface area contributed by atoms with Crippen LogP contribution >= 0.6 is 11.3 Å². The van der Waals surface area contributed by atoms with Gasteiger partial charge in [-0.05, 0) is 18.2 Å². The molecule has 3 aromatic heterocycles. The second kappa shape index (κ2) is 9.11. The molecule has 0 spiro atoms. The molecule has 5 rings (SSSR count). The molecule has 0 saturated carbocycles. The summed E-state index contributed by atoms with van der Waals surface area (Å²) >= 11 is 1.58. The molecule has 32 heavy (non-hydrogen) atoms. The SMILES string of the molecule is COc1cc2scnc2cc1-c1c[nH]c2nc(NC(=O)NCCN3CCNCC3)ccc12. The average molecular weight is 452 g/mol. The van der Waals surface area contributed by atoms with Crippen molar-refractivity contribution in [1.29, 1.82) is 0 Å². The van der Waals surface area contributed by atoms with Crippen molar-refractivity contribution in [2.75, 3.05) is 51.7 Å². The molecule has 0 unspecified atom stereocenters. The van der Waals surface area contributed by atoms with Crippen LogP contribution in [0, 0.1) is 0 Å². The summed E-state index contributed by atoms with van der Waals surface area (Å²) in [6.07, 6.45) is 1.91. The monoisotopic (exact) mass is 451 g/mol. The third-order valence-electron chi connectivity index (χ3n) is 5.65. The molecule has 1 saturated heterocycles. The Hall–Kier alpha value is -3.21. The fourth-order valence-electron chi connectivity index (χ4n) is 3.98. The van der Waals surface area contributed by atoms with E-state index in [0.717, 1.165) is 65.2 Å². The molecule has 1 aromatic carbocycles. The Kier molecular flexibility index (Phi) is 5.89. The molecule has 0 radical (unpaired) electrons. The van der Waals surface area contributed by atoms with Crippen LogP contribution in [0.3, 0.4) is 0 Å². The largest absolute Gasteiger partial charge is 0.496 e. The van der Waals surface area contributed by atoms with Gasteiger partial charge < -0.3 is 20.4 Å². The number of aromatic nitrogens is 3. The number of amides is 2. The zero-order valence-electron chi connectivity index (χ0n) is 17.8. The Labute approximate surface area is 189 Å². The van der Waals surface area contributed by atoms with E-state index in [1.165, 1.54) is 0 Å². The number of hydrogen-bond donors (Lipinski definition) is 4. The van der Waals surface area contributed by atoms with E-state index >= 15 is 0 Å². The summed E-state index contributed by atoms with van der Waals surface area (Å²) in [6.45, 7) is 5.45. The van der Waals surface area contributed by atoms with E-state index in [1.54, 1.807) is 18.4 Å². The third kappa shape index (κ3) is 4.24. The number of fused-ring (bicyclic) bond motifs is 2. The van der Waals surface area contributed by atoms with E-state index in [-0.39, 0.29) is 6.03 Å². The van der Waals surface area contributed by atoms with E-state index in [0.29, 0.717) is 18.0 Å². The van der Waals surface area contributed by atoms with Crippen molar-refractivity contribution in [2.45, 2.75) is 0 Å². The van der Waals surface area contributed by atoms with Crippen molar-refractivity contribution in [3.8, 4) is 16.9 Å². The normalized spacial score (nSPS) is 14.7. The number of thiazole rings is 1. The van der Waals surface area contributed by atoms with Crippen LogP contribution in [0.4, 0.5) is 10.6 Å². The van der Waals surface area contributed by atoms with Gasteiger partial charge in [-0.1, -0.05) is 0 Å². The maximum absolute atomic E-state index is 12.3. The van der Waals surface area contributed by atoms with Crippen molar-refractivity contribution >= 4 is 44.4 Å². The number of piperazine rings is 1. The lowest BCUT2D eigenvalue weighted by molar-refractivity contribution is 0.233. The molecular weight excluding hydrogens is 426 g/mol. The number of hydrogen-bond acceptors (Lipinski definition) is 7. The minimum atomic E-state index is -0.255. The van der Waals surface area contributed by atoms with Crippen LogP contribution in [0.1, 0.15) is 0 Å². The Bertz CT molecular complexity index is 1250. The first-order valence-electron chi connectivity index (χ1n) is 10.6. The van der Waals surface area contributed by atoms with Crippen molar-refractivity contribution in [1.82, 2.24) is 30.5 Å². The number of pyridine rings is 1. The molecule has 4 aromatic rings. The van der Waals surface area contributed by atoms with Crippen LogP contribution in [-0.2, 0) is 0 Å². The highest BCUT2D eigenvalue weighted by molar-refractivity contribution is 7.16. The molecule has 4 N–H and O–H groups in total. The van der Waals surface area contributed by atoms with Crippen LogP contribution in [0.15, 0.2) is 36.0 Å². The Morgan fingerprint density at radius 2 is 2.12 bits per heavy atom. The molecule has 4 heterocycles. The van der Waals surface area contributed by atoms with Crippen molar-refractivity contribution in [3.63, 3.8) is 0 Å². The Balaban J connectivity index is 1.29. The fraction of sp³-hybridized carbons (Fsp3) is 0.318. The molecule has 9 nitrogen and oxygen atoms in total. The minimum Gasteiger partial charge on any atom is -0.496 e. The van der Waals surface area contributed by atoms with E-state index in [9.17, 15) is 4.79 Å². The highest BCUT2D eigenvalue weighted by Crippen LogP contribution is 2.38. The van der Waals surface area contributed by atoms with Crippen LogP contribution < -0.4 is 20.7 Å². The third-order valence-corrected chi connectivity index (χ3v) is 6.44. The van der Waals surface area contributed by atoms with Crippen LogP contribution in [0.25, 0.3) is 32.4 Å². The molecule has 1 aliphatic heterocycles. The number of carbonyl (C=O) groups is 1. The first-order valence-corrected chi connectivity index (χ1v) is 11.5.